The fourth-order valence-electron chi connectivity index (χ4n) is 2.49. The zero-order valence-corrected chi connectivity index (χ0v) is 14.4. The van der Waals surface area contributed by atoms with Crippen molar-refractivity contribution < 1.29 is 4.39 Å². The number of hydrogen-bond acceptors (Lipinski definition) is 7. The first-order valence-electron chi connectivity index (χ1n) is 8.08. The van der Waals surface area contributed by atoms with E-state index in [0.29, 0.717) is 28.9 Å². The summed E-state index contributed by atoms with van der Waals surface area (Å²) in [5.41, 5.74) is 7.56. The average molecular weight is 375 g/mol. The largest absolute Gasteiger partial charge is 0.368 e. The number of rotatable bonds is 6. The highest BCUT2D eigenvalue weighted by molar-refractivity contribution is 6.31. The minimum Gasteiger partial charge on any atom is -0.368 e. The van der Waals surface area contributed by atoms with Gasteiger partial charge in [-0.15, -0.1) is 0 Å². The maximum atomic E-state index is 13.1. The molecular weight excluding hydrogens is 359 g/mol. The smallest absolute Gasteiger partial charge is 0.235 e. The van der Waals surface area contributed by atoms with Gasteiger partial charge >= 0.3 is 0 Å². The predicted molar refractivity (Wildman–Crippen MR) is 96.8 cm³/mol. The molecule has 0 aliphatic heterocycles. The van der Waals surface area contributed by atoms with E-state index in [2.05, 4.69) is 35.8 Å². The van der Waals surface area contributed by atoms with Gasteiger partial charge in [-0.05, 0) is 30.5 Å². The molecular formula is C16H16ClFN8. The number of nitrogens with two attached hydrogens (primary N) is 1. The van der Waals surface area contributed by atoms with Crippen molar-refractivity contribution in [2.45, 2.75) is 25.3 Å². The number of halogens is 2. The lowest BCUT2D eigenvalue weighted by Crippen LogP contribution is -2.09. The van der Waals surface area contributed by atoms with Crippen molar-refractivity contribution >= 4 is 35.3 Å². The molecule has 1 aliphatic rings. The third kappa shape index (κ3) is 3.83. The van der Waals surface area contributed by atoms with E-state index >= 15 is 0 Å². The van der Waals surface area contributed by atoms with Gasteiger partial charge < -0.3 is 16.4 Å². The maximum Gasteiger partial charge on any atom is 0.235 e. The minimum absolute atomic E-state index is 0.0631. The molecule has 1 aliphatic carbocycles. The molecule has 0 bridgehead atoms. The summed E-state index contributed by atoms with van der Waals surface area (Å²) in [6, 6.07) is 6.12. The molecule has 1 fully saturated rings. The first-order chi connectivity index (χ1) is 12.6. The van der Waals surface area contributed by atoms with Gasteiger partial charge in [-0.2, -0.15) is 20.1 Å². The number of hydrogen-bond donors (Lipinski definition) is 4. The van der Waals surface area contributed by atoms with Gasteiger partial charge in [0.05, 0.1) is 0 Å². The number of anilines is 4. The van der Waals surface area contributed by atoms with E-state index in [4.69, 9.17) is 17.3 Å². The number of aromatic nitrogens is 5. The number of nitrogens with one attached hydrogen (secondary N) is 3. The van der Waals surface area contributed by atoms with Crippen LogP contribution in [0.4, 0.5) is 28.1 Å². The van der Waals surface area contributed by atoms with Crippen molar-refractivity contribution in [1.29, 1.82) is 0 Å². The molecule has 0 saturated heterocycles. The summed E-state index contributed by atoms with van der Waals surface area (Å²) < 4.78 is 13.1. The second-order valence-corrected chi connectivity index (χ2v) is 6.45. The van der Waals surface area contributed by atoms with Crippen molar-refractivity contribution in [2.24, 2.45) is 0 Å². The Balaban J connectivity index is 1.46. The van der Waals surface area contributed by atoms with Gasteiger partial charge in [-0.1, -0.05) is 17.7 Å². The van der Waals surface area contributed by atoms with E-state index in [0.717, 1.165) is 5.69 Å². The Kier molecular flexibility index (Phi) is 4.29. The zero-order valence-electron chi connectivity index (χ0n) is 13.6. The number of H-pyrrole nitrogens is 1. The van der Waals surface area contributed by atoms with Crippen LogP contribution >= 0.6 is 11.6 Å². The van der Waals surface area contributed by atoms with Crippen LogP contribution in [0.3, 0.4) is 0 Å². The van der Waals surface area contributed by atoms with Gasteiger partial charge in [-0.25, -0.2) is 4.39 Å². The van der Waals surface area contributed by atoms with Gasteiger partial charge in [0.15, 0.2) is 5.82 Å². The normalized spacial score (nSPS) is 13.6. The molecule has 2 aromatic heterocycles. The number of nitrogen functional groups attached to an aromatic ring is 1. The van der Waals surface area contributed by atoms with Crippen LogP contribution in [0.15, 0.2) is 24.3 Å². The number of nitrogens with zero attached hydrogens (tertiary/aromatic N) is 4. The van der Waals surface area contributed by atoms with Gasteiger partial charge in [0.2, 0.25) is 17.8 Å². The van der Waals surface area contributed by atoms with Gasteiger partial charge in [-0.3, -0.25) is 5.10 Å². The molecule has 0 radical (unpaired) electrons. The van der Waals surface area contributed by atoms with Gasteiger partial charge in [0, 0.05) is 29.2 Å². The molecule has 2 heterocycles. The Morgan fingerprint density at radius 1 is 1.19 bits per heavy atom. The van der Waals surface area contributed by atoms with Crippen LogP contribution in [0, 0.1) is 5.82 Å². The van der Waals surface area contributed by atoms with Crippen molar-refractivity contribution in [2.75, 3.05) is 16.4 Å². The van der Waals surface area contributed by atoms with E-state index in [1.807, 2.05) is 6.07 Å². The highest BCUT2D eigenvalue weighted by atomic mass is 35.5. The first-order valence-corrected chi connectivity index (χ1v) is 8.46. The van der Waals surface area contributed by atoms with Crippen LogP contribution in [-0.2, 0) is 6.54 Å². The Morgan fingerprint density at radius 2 is 2.00 bits per heavy atom. The van der Waals surface area contributed by atoms with Crippen molar-refractivity contribution in [3.8, 4) is 0 Å². The third-order valence-corrected chi connectivity index (χ3v) is 4.31. The predicted octanol–water partition coefficient (Wildman–Crippen LogP) is 3.20. The van der Waals surface area contributed by atoms with Crippen LogP contribution in [-0.4, -0.2) is 25.1 Å². The minimum atomic E-state index is -0.390. The Labute approximate surface area is 153 Å². The van der Waals surface area contributed by atoms with Gasteiger partial charge in [0.25, 0.3) is 0 Å². The van der Waals surface area contributed by atoms with E-state index in [-0.39, 0.29) is 23.7 Å². The number of benzene rings is 1. The second kappa shape index (κ2) is 6.75. The first kappa shape index (κ1) is 16.5. The van der Waals surface area contributed by atoms with Crippen molar-refractivity contribution in [3.63, 3.8) is 0 Å². The van der Waals surface area contributed by atoms with Crippen LogP contribution in [0.5, 0.6) is 0 Å². The van der Waals surface area contributed by atoms with E-state index in [9.17, 15) is 4.39 Å². The Morgan fingerprint density at radius 3 is 2.77 bits per heavy atom. The van der Waals surface area contributed by atoms with Gasteiger partial charge in [0.1, 0.15) is 5.82 Å². The zero-order chi connectivity index (χ0) is 18.1. The fourth-order valence-corrected chi connectivity index (χ4v) is 2.72. The molecule has 0 unspecified atom stereocenters. The van der Waals surface area contributed by atoms with E-state index < -0.39 is 0 Å². The molecule has 5 N–H and O–H groups in total. The summed E-state index contributed by atoms with van der Waals surface area (Å²) in [5, 5.41) is 13.5. The monoisotopic (exact) mass is 374 g/mol. The Bertz CT molecular complexity index is 940. The lowest BCUT2D eigenvalue weighted by atomic mass is 10.2. The molecule has 4 rings (SSSR count). The number of aromatic amines is 1. The molecule has 0 amide bonds. The summed E-state index contributed by atoms with van der Waals surface area (Å²) in [7, 11) is 0. The van der Waals surface area contributed by atoms with Crippen LogP contribution < -0.4 is 16.4 Å². The summed E-state index contributed by atoms with van der Waals surface area (Å²) in [6.07, 6.45) is 2.36. The molecule has 1 saturated carbocycles. The van der Waals surface area contributed by atoms with Crippen LogP contribution in [0.25, 0.3) is 0 Å². The third-order valence-electron chi connectivity index (χ3n) is 3.96. The highest BCUT2D eigenvalue weighted by Crippen LogP contribution is 2.39. The molecule has 134 valence electrons. The van der Waals surface area contributed by atoms with E-state index in [1.54, 1.807) is 6.07 Å². The lowest BCUT2D eigenvalue weighted by Gasteiger charge is -2.09. The molecule has 0 spiro atoms. The summed E-state index contributed by atoms with van der Waals surface area (Å²) in [6.45, 7) is 0.316. The molecule has 1 aromatic carbocycles. The highest BCUT2D eigenvalue weighted by Gasteiger charge is 2.25. The molecule has 3 aromatic rings. The van der Waals surface area contributed by atoms with Crippen LogP contribution in [0.1, 0.15) is 30.0 Å². The average Bonchev–Trinajstić information content (AvgIpc) is 3.34. The van der Waals surface area contributed by atoms with E-state index in [1.165, 1.54) is 25.0 Å². The summed E-state index contributed by atoms with van der Waals surface area (Å²) >= 11 is 6.02. The molecule has 0 atom stereocenters. The quantitative estimate of drug-likeness (QED) is 0.523. The van der Waals surface area contributed by atoms with Crippen LogP contribution in [0.2, 0.25) is 5.02 Å². The SMILES string of the molecule is Nc1nc(NCc2ccc(F)cc2Cl)nc(Nc2cc(C3CC3)[nH]n2)n1. The Hall–Kier alpha value is -2.94. The standard InChI is InChI=1S/C16H16ClFN8/c17-11-5-10(18)4-3-9(11)7-20-15-22-14(19)23-16(24-15)21-13-6-12(25-26-13)8-1-2-8/h3-6,8H,1-2,7H2,(H5,19,20,21,22,23,24,25,26). The molecule has 10 heteroatoms. The second-order valence-electron chi connectivity index (χ2n) is 6.04. The molecule has 26 heavy (non-hydrogen) atoms. The topological polar surface area (TPSA) is 117 Å². The fraction of sp³-hybridized carbons (Fsp3) is 0.250. The van der Waals surface area contributed by atoms with Crippen molar-refractivity contribution in [3.05, 3.63) is 46.4 Å². The van der Waals surface area contributed by atoms with Crippen molar-refractivity contribution in [1.82, 2.24) is 25.1 Å². The molecule has 8 nitrogen and oxygen atoms in total. The summed E-state index contributed by atoms with van der Waals surface area (Å²) in [4.78, 5) is 12.4. The maximum absolute atomic E-state index is 13.1. The summed E-state index contributed by atoms with van der Waals surface area (Å²) in [5.74, 6) is 1.41. The lowest BCUT2D eigenvalue weighted by molar-refractivity contribution is 0.627.